The van der Waals surface area contributed by atoms with Crippen molar-refractivity contribution in [3.05, 3.63) is 28.5 Å². The van der Waals surface area contributed by atoms with Gasteiger partial charge in [-0.05, 0) is 12.8 Å². The first-order valence-corrected chi connectivity index (χ1v) is 9.65. The second-order valence-corrected chi connectivity index (χ2v) is 7.81. The zero-order valence-electron chi connectivity index (χ0n) is 14.5. The zero-order valence-corrected chi connectivity index (χ0v) is 16.1. The summed E-state index contributed by atoms with van der Waals surface area (Å²) in [5.41, 5.74) is 1.67. The summed E-state index contributed by atoms with van der Waals surface area (Å²) in [5, 5.41) is 13.3. The number of rotatable bonds is 4. The Morgan fingerprint density at radius 3 is 2.93 bits per heavy atom. The lowest BCUT2D eigenvalue weighted by atomic mass is 9.99. The minimum absolute atomic E-state index is 0.0763. The van der Waals surface area contributed by atoms with Crippen molar-refractivity contribution in [2.75, 3.05) is 0 Å². The highest BCUT2D eigenvalue weighted by atomic mass is 35.5. The fraction of sp³-hybridized carbons (Fsp3) is 0.444. The van der Waals surface area contributed by atoms with E-state index < -0.39 is 6.04 Å². The van der Waals surface area contributed by atoms with Crippen LogP contribution in [0.15, 0.2) is 12.4 Å². The standard InChI is InChI=1S/C18H18ClN5O2S/c19-13-7-21-16-15-11(13)8-23(18(26)12(15)9-24(16)27)14(5-6-20)17(25)22-10-3-1-2-4-10/h7,9-10,14,27H,1-5,8H2,(H,22,25). The van der Waals surface area contributed by atoms with Crippen LogP contribution >= 0.6 is 24.4 Å². The van der Waals surface area contributed by atoms with Gasteiger partial charge in [0.15, 0.2) is 5.65 Å². The van der Waals surface area contributed by atoms with Crippen LogP contribution in [0.5, 0.6) is 0 Å². The fourth-order valence-electron chi connectivity index (χ4n) is 3.98. The van der Waals surface area contributed by atoms with Gasteiger partial charge in [-0.1, -0.05) is 37.3 Å². The molecular weight excluding hydrogens is 386 g/mol. The van der Waals surface area contributed by atoms with Crippen molar-refractivity contribution in [3.63, 3.8) is 0 Å². The smallest absolute Gasteiger partial charge is 0.257 e. The molecule has 3 heterocycles. The molecule has 1 fully saturated rings. The Hall–Kier alpha value is -2.24. The third-order valence-electron chi connectivity index (χ3n) is 5.34. The van der Waals surface area contributed by atoms with Crippen molar-refractivity contribution in [1.29, 1.82) is 5.26 Å². The van der Waals surface area contributed by atoms with Crippen molar-refractivity contribution < 1.29 is 9.59 Å². The first kappa shape index (κ1) is 18.1. The van der Waals surface area contributed by atoms with Crippen LogP contribution in [0, 0.1) is 11.3 Å². The third-order valence-corrected chi connectivity index (χ3v) is 5.97. The summed E-state index contributed by atoms with van der Waals surface area (Å²) in [6, 6.07) is 1.29. The molecule has 1 unspecified atom stereocenters. The second-order valence-electron chi connectivity index (χ2n) is 6.97. The fourth-order valence-corrected chi connectivity index (χ4v) is 4.45. The van der Waals surface area contributed by atoms with E-state index in [1.807, 2.05) is 6.07 Å². The lowest BCUT2D eigenvalue weighted by Gasteiger charge is -2.33. The maximum absolute atomic E-state index is 13.1. The summed E-state index contributed by atoms with van der Waals surface area (Å²) >= 11 is 10.7. The minimum atomic E-state index is -0.862. The van der Waals surface area contributed by atoms with Gasteiger partial charge < -0.3 is 10.2 Å². The molecule has 2 aromatic rings. The monoisotopic (exact) mass is 403 g/mol. The van der Waals surface area contributed by atoms with E-state index in [4.69, 9.17) is 11.6 Å². The predicted octanol–water partition coefficient (Wildman–Crippen LogP) is 2.68. The molecule has 1 aliphatic carbocycles. The van der Waals surface area contributed by atoms with E-state index in [2.05, 4.69) is 23.1 Å². The highest BCUT2D eigenvalue weighted by molar-refractivity contribution is 7.78. The Kier molecular flexibility index (Phi) is 4.74. The Balaban J connectivity index is 1.70. The van der Waals surface area contributed by atoms with Crippen molar-refractivity contribution in [3.8, 4) is 6.07 Å². The lowest BCUT2D eigenvalue weighted by molar-refractivity contribution is -0.126. The van der Waals surface area contributed by atoms with Gasteiger partial charge in [0, 0.05) is 35.9 Å². The highest BCUT2D eigenvalue weighted by Gasteiger charge is 2.37. The third kappa shape index (κ3) is 3.05. The Bertz CT molecular complexity index is 976. The molecule has 2 aromatic heterocycles. The van der Waals surface area contributed by atoms with Gasteiger partial charge in [-0.3, -0.25) is 13.6 Å². The summed E-state index contributed by atoms with van der Waals surface area (Å²) in [5.74, 6) is -0.599. The van der Waals surface area contributed by atoms with Crippen molar-refractivity contribution in [2.45, 2.75) is 50.7 Å². The quantitative estimate of drug-likeness (QED) is 0.768. The number of hydrogen-bond acceptors (Lipinski definition) is 5. The molecule has 27 heavy (non-hydrogen) atoms. The van der Waals surface area contributed by atoms with E-state index in [9.17, 15) is 14.9 Å². The van der Waals surface area contributed by atoms with Gasteiger partial charge in [0.1, 0.15) is 6.04 Å². The first-order chi connectivity index (χ1) is 13.0. The number of carbonyl (C=O) groups is 2. The van der Waals surface area contributed by atoms with Crippen LogP contribution in [0.3, 0.4) is 0 Å². The summed E-state index contributed by atoms with van der Waals surface area (Å²) in [6.45, 7) is 0.159. The van der Waals surface area contributed by atoms with Crippen LogP contribution < -0.4 is 5.32 Å². The second kappa shape index (κ2) is 7.06. The highest BCUT2D eigenvalue weighted by Crippen LogP contribution is 2.36. The number of amides is 2. The Morgan fingerprint density at radius 1 is 1.48 bits per heavy atom. The predicted molar refractivity (Wildman–Crippen MR) is 103 cm³/mol. The van der Waals surface area contributed by atoms with Crippen LogP contribution in [0.1, 0.15) is 48.0 Å². The summed E-state index contributed by atoms with van der Waals surface area (Å²) in [4.78, 5) is 31.6. The molecule has 0 saturated heterocycles. The summed E-state index contributed by atoms with van der Waals surface area (Å²) in [6.07, 6.45) is 7.05. The molecule has 9 heteroatoms. The average Bonchev–Trinajstić information content (AvgIpc) is 3.26. The van der Waals surface area contributed by atoms with Gasteiger partial charge in [0.2, 0.25) is 5.91 Å². The van der Waals surface area contributed by atoms with Gasteiger partial charge in [0.25, 0.3) is 5.91 Å². The summed E-state index contributed by atoms with van der Waals surface area (Å²) < 4.78 is 1.48. The maximum Gasteiger partial charge on any atom is 0.257 e. The van der Waals surface area contributed by atoms with Gasteiger partial charge in [-0.25, -0.2) is 4.98 Å². The zero-order chi connectivity index (χ0) is 19.1. The number of nitriles is 1. The van der Waals surface area contributed by atoms with Crippen LogP contribution in [0.25, 0.3) is 11.0 Å². The molecule has 1 saturated carbocycles. The Labute approximate surface area is 166 Å². The van der Waals surface area contributed by atoms with E-state index >= 15 is 0 Å². The van der Waals surface area contributed by atoms with E-state index in [0.29, 0.717) is 21.6 Å². The van der Waals surface area contributed by atoms with Crippen LogP contribution in [0.4, 0.5) is 0 Å². The number of halogens is 1. The van der Waals surface area contributed by atoms with E-state index in [1.54, 1.807) is 6.20 Å². The largest absolute Gasteiger partial charge is 0.352 e. The number of hydrogen-bond donors (Lipinski definition) is 2. The lowest BCUT2D eigenvalue weighted by Crippen LogP contribution is -2.51. The van der Waals surface area contributed by atoms with E-state index in [-0.39, 0.29) is 30.8 Å². The molecule has 7 nitrogen and oxygen atoms in total. The molecule has 0 aromatic carbocycles. The number of nitrogens with zero attached hydrogens (tertiary/aromatic N) is 4. The molecule has 0 spiro atoms. The Morgan fingerprint density at radius 2 is 2.22 bits per heavy atom. The molecule has 2 amide bonds. The minimum Gasteiger partial charge on any atom is -0.352 e. The number of nitrogens with one attached hydrogen (secondary N) is 1. The SMILES string of the molecule is N#CCC(C(=O)NC1CCCC1)N1Cc2c(Cl)cnc3c2c(cn3S)C1=O. The molecule has 0 bridgehead atoms. The van der Waals surface area contributed by atoms with Gasteiger partial charge in [-0.15, -0.1) is 0 Å². The molecular formula is C18H18ClN5O2S. The maximum atomic E-state index is 13.1. The topological polar surface area (TPSA) is 91.0 Å². The van der Waals surface area contributed by atoms with Crippen molar-refractivity contribution in [2.24, 2.45) is 0 Å². The number of pyridine rings is 1. The molecule has 0 radical (unpaired) electrons. The van der Waals surface area contributed by atoms with Gasteiger partial charge in [0.05, 0.1) is 23.1 Å². The number of thiol groups is 1. The van der Waals surface area contributed by atoms with Crippen molar-refractivity contribution in [1.82, 2.24) is 19.2 Å². The van der Waals surface area contributed by atoms with Gasteiger partial charge in [-0.2, -0.15) is 5.26 Å². The van der Waals surface area contributed by atoms with Crippen molar-refractivity contribution >= 4 is 47.3 Å². The van der Waals surface area contributed by atoms with Crippen LogP contribution in [-0.4, -0.2) is 37.8 Å². The molecule has 140 valence electrons. The number of carbonyl (C=O) groups excluding carboxylic acids is 2. The number of aromatic nitrogens is 2. The van der Waals surface area contributed by atoms with E-state index in [1.165, 1.54) is 15.1 Å². The molecule has 4 rings (SSSR count). The molecule has 1 atom stereocenters. The molecule has 1 N–H and O–H groups in total. The molecule has 2 aliphatic rings. The molecule has 1 aliphatic heterocycles. The first-order valence-electron chi connectivity index (χ1n) is 8.87. The van der Waals surface area contributed by atoms with Crippen LogP contribution in [0.2, 0.25) is 5.02 Å². The average molecular weight is 404 g/mol. The summed E-state index contributed by atoms with van der Waals surface area (Å²) in [7, 11) is 0. The normalized spacial score (nSPS) is 18.0. The van der Waals surface area contributed by atoms with E-state index in [0.717, 1.165) is 31.2 Å². The van der Waals surface area contributed by atoms with Gasteiger partial charge >= 0.3 is 0 Å². The van der Waals surface area contributed by atoms with Crippen LogP contribution in [-0.2, 0) is 11.3 Å².